The maximum atomic E-state index is 3.52. The normalized spacial score (nSPS) is 6.29. The van der Waals surface area contributed by atoms with E-state index >= 15 is 0 Å². The van der Waals surface area contributed by atoms with Gasteiger partial charge in [0.15, 0.2) is 0 Å². The second-order valence-electron chi connectivity index (χ2n) is 0.996. The molecule has 0 bridgehead atoms. The van der Waals surface area contributed by atoms with Crippen LogP contribution in [0, 0.1) is 6.42 Å². The first-order valence-electron chi connectivity index (χ1n) is 1.97. The van der Waals surface area contributed by atoms with Gasteiger partial charge in [-0.15, -0.1) is 13.2 Å². The fraction of sp³-hybridized carbons (Fsp3) is 0.167. The van der Waals surface area contributed by atoms with Crippen LogP contribution in [0.25, 0.3) is 0 Å². The largest absolute Gasteiger partial charge is 1.00 e. The van der Waals surface area contributed by atoms with Crippen LogP contribution >= 0.6 is 0 Å². The van der Waals surface area contributed by atoms with Crippen molar-refractivity contribution < 1.29 is 51.4 Å². The quantitative estimate of drug-likeness (QED) is 0.253. The maximum Gasteiger partial charge on any atom is 1.00 e. The molecule has 0 aromatic carbocycles. The van der Waals surface area contributed by atoms with Gasteiger partial charge in [0.2, 0.25) is 0 Å². The van der Waals surface area contributed by atoms with Crippen molar-refractivity contribution in [2.75, 3.05) is 0 Å². The third kappa shape index (κ3) is 11.0. The second kappa shape index (κ2) is 10.2. The topological polar surface area (TPSA) is 0 Å². The molecule has 0 aliphatic heterocycles. The minimum atomic E-state index is 0. The summed E-state index contributed by atoms with van der Waals surface area (Å²) >= 11 is 0. The summed E-state index contributed by atoms with van der Waals surface area (Å²) in [5, 5.41) is 0. The van der Waals surface area contributed by atoms with Crippen molar-refractivity contribution in [3.05, 3.63) is 31.7 Å². The van der Waals surface area contributed by atoms with E-state index in [1.165, 1.54) is 0 Å². The molecule has 0 atom stereocenters. The van der Waals surface area contributed by atoms with E-state index in [1.54, 1.807) is 6.08 Å². The zero-order valence-corrected chi connectivity index (χ0v) is 7.98. The van der Waals surface area contributed by atoms with Gasteiger partial charge in [-0.05, 0) is 12.8 Å². The van der Waals surface area contributed by atoms with Gasteiger partial charge < -0.3 is 0 Å². The summed E-state index contributed by atoms with van der Waals surface area (Å²) in [5.74, 6) is 0. The van der Waals surface area contributed by atoms with Gasteiger partial charge in [-0.25, -0.2) is 0 Å². The summed E-state index contributed by atoms with van der Waals surface area (Å²) in [6, 6.07) is 0. The molecule has 7 heavy (non-hydrogen) atoms. The van der Waals surface area contributed by atoms with Gasteiger partial charge in [0.25, 0.3) is 0 Å². The molecule has 0 spiro atoms. The van der Waals surface area contributed by atoms with Crippen molar-refractivity contribution >= 4 is 0 Å². The summed E-state index contributed by atoms with van der Waals surface area (Å²) in [6.45, 7) is 7.01. The Morgan fingerprint density at radius 2 is 1.86 bits per heavy atom. The molecule has 1 radical (unpaired) electrons. The van der Waals surface area contributed by atoms with E-state index in [-0.39, 0.29) is 51.4 Å². The maximum absolute atomic E-state index is 3.52. The Balaban J connectivity index is 0. The molecule has 1 heteroatoms. The molecular weight excluding hydrogens is 111 g/mol. The third-order valence-corrected chi connectivity index (χ3v) is 0.469. The molecule has 0 nitrogen and oxygen atoms in total. The summed E-state index contributed by atoms with van der Waals surface area (Å²) in [5.41, 5.74) is 0. The molecule has 0 unspecified atom stereocenters. The minimum Gasteiger partial charge on any atom is -0.103 e. The summed E-state index contributed by atoms with van der Waals surface area (Å²) in [4.78, 5) is 0. The van der Waals surface area contributed by atoms with Crippen LogP contribution in [0.4, 0.5) is 0 Å². The smallest absolute Gasteiger partial charge is 0.103 e. The number of hydrogen-bond acceptors (Lipinski definition) is 0. The van der Waals surface area contributed by atoms with Crippen LogP contribution in [-0.2, 0) is 0 Å². The molecule has 0 rings (SSSR count). The van der Waals surface area contributed by atoms with E-state index in [2.05, 4.69) is 13.2 Å². The van der Waals surface area contributed by atoms with Gasteiger partial charge in [0, 0.05) is 0 Å². The van der Waals surface area contributed by atoms with Gasteiger partial charge in [0.05, 0.1) is 0 Å². The molecule has 33 valence electrons. The Hall–Kier alpha value is 1.12. The van der Waals surface area contributed by atoms with Crippen LogP contribution in [-0.4, -0.2) is 0 Å². The van der Waals surface area contributed by atoms with Crippen molar-refractivity contribution in [1.29, 1.82) is 0 Å². The second-order valence-corrected chi connectivity index (χ2v) is 0.996. The fourth-order valence-corrected chi connectivity index (χ4v) is 0.192. The summed E-state index contributed by atoms with van der Waals surface area (Å²) in [7, 11) is 0. The van der Waals surface area contributed by atoms with Gasteiger partial charge in [-0.1, -0.05) is 12.2 Å². The van der Waals surface area contributed by atoms with E-state index in [1.807, 2.05) is 12.5 Å². The Kier molecular flexibility index (Phi) is 16.0. The van der Waals surface area contributed by atoms with Crippen LogP contribution in [0.5, 0.6) is 0 Å². The Labute approximate surface area is 88.1 Å². The van der Waals surface area contributed by atoms with Crippen molar-refractivity contribution in [2.45, 2.75) is 6.42 Å². The Morgan fingerprint density at radius 1 is 1.29 bits per heavy atom. The summed E-state index contributed by atoms with van der Waals surface area (Å²) < 4.78 is 0. The summed E-state index contributed by atoms with van der Waals surface area (Å²) in [6.07, 6.45) is 6.49. The standard InChI is InChI=1S/C6H9.K/c1-3-5-6-4-2;/h3-5H,1-2,6H2;/q;+1. The van der Waals surface area contributed by atoms with E-state index < -0.39 is 0 Å². The molecule has 0 aliphatic rings. The average molecular weight is 120 g/mol. The molecule has 0 aliphatic carbocycles. The Bertz CT molecular complexity index is 40.1. The predicted octanol–water partition coefficient (Wildman–Crippen LogP) is -1.04. The van der Waals surface area contributed by atoms with Crippen LogP contribution < -0.4 is 51.4 Å². The van der Waals surface area contributed by atoms with Gasteiger partial charge in [0.1, 0.15) is 0 Å². The van der Waals surface area contributed by atoms with Crippen LogP contribution in [0.3, 0.4) is 0 Å². The molecule has 0 amide bonds. The molecule has 0 aromatic rings. The number of hydrogen-bond donors (Lipinski definition) is 0. The predicted molar refractivity (Wildman–Crippen MR) is 29.3 cm³/mol. The van der Waals surface area contributed by atoms with Crippen molar-refractivity contribution in [3.63, 3.8) is 0 Å². The van der Waals surface area contributed by atoms with Crippen LogP contribution in [0.1, 0.15) is 6.42 Å². The fourth-order valence-electron chi connectivity index (χ4n) is 0.192. The van der Waals surface area contributed by atoms with Gasteiger partial charge in [-0.3, -0.25) is 0 Å². The molecule has 0 N–H and O–H groups in total. The molecule has 0 saturated heterocycles. The molecule has 0 aromatic heterocycles. The van der Waals surface area contributed by atoms with Crippen LogP contribution in [0.2, 0.25) is 0 Å². The molecule has 0 saturated carbocycles. The van der Waals surface area contributed by atoms with Crippen molar-refractivity contribution in [2.24, 2.45) is 0 Å². The van der Waals surface area contributed by atoms with E-state index in [0.717, 1.165) is 6.42 Å². The monoisotopic (exact) mass is 120 g/mol. The van der Waals surface area contributed by atoms with Crippen LogP contribution in [0.15, 0.2) is 25.3 Å². The third-order valence-electron chi connectivity index (χ3n) is 0.469. The van der Waals surface area contributed by atoms with Crippen molar-refractivity contribution in [1.82, 2.24) is 0 Å². The van der Waals surface area contributed by atoms with Crippen molar-refractivity contribution in [3.8, 4) is 0 Å². The minimum absolute atomic E-state index is 0. The first-order chi connectivity index (χ1) is 2.91. The first-order valence-corrected chi connectivity index (χ1v) is 1.97. The zero-order valence-electron chi connectivity index (χ0n) is 4.85. The first kappa shape index (κ1) is 11.0. The average Bonchev–Trinajstić information content (AvgIpc) is 1.61. The molecular formula is C6H9K+. The van der Waals surface area contributed by atoms with E-state index in [9.17, 15) is 0 Å². The van der Waals surface area contributed by atoms with Gasteiger partial charge >= 0.3 is 51.4 Å². The number of unbranched alkanes of at least 4 members (excludes halogenated alkanes) is 1. The zero-order chi connectivity index (χ0) is 4.83. The molecule has 0 heterocycles. The SMILES string of the molecule is C=C[CH]CC=C.[K+]. The van der Waals surface area contributed by atoms with E-state index in [0.29, 0.717) is 0 Å². The van der Waals surface area contributed by atoms with Gasteiger partial charge in [-0.2, -0.15) is 0 Å². The Morgan fingerprint density at radius 3 is 2.00 bits per heavy atom. The van der Waals surface area contributed by atoms with E-state index in [4.69, 9.17) is 0 Å². The number of rotatable bonds is 3. The number of allylic oxidation sites excluding steroid dienone is 2. The molecule has 0 fully saturated rings.